The molecule has 6 heteroatoms. The Labute approximate surface area is 186 Å². The van der Waals surface area contributed by atoms with E-state index in [2.05, 4.69) is 19.2 Å². The van der Waals surface area contributed by atoms with E-state index < -0.39 is 5.60 Å². The summed E-state index contributed by atoms with van der Waals surface area (Å²) in [4.78, 5) is 25.9. The van der Waals surface area contributed by atoms with Crippen molar-refractivity contribution in [2.75, 3.05) is 6.54 Å². The van der Waals surface area contributed by atoms with Crippen molar-refractivity contribution in [3.63, 3.8) is 0 Å². The van der Waals surface area contributed by atoms with E-state index >= 15 is 0 Å². The van der Waals surface area contributed by atoms with Crippen molar-refractivity contribution in [1.82, 2.24) is 5.32 Å². The number of ketones is 1. The van der Waals surface area contributed by atoms with Crippen LogP contribution in [0.5, 0.6) is 5.75 Å². The Morgan fingerprint density at radius 1 is 1.19 bits per heavy atom. The van der Waals surface area contributed by atoms with Gasteiger partial charge in [0.25, 0.3) is 5.91 Å². The predicted octanol–water partition coefficient (Wildman–Crippen LogP) is 6.05. The van der Waals surface area contributed by atoms with Gasteiger partial charge in [0.1, 0.15) is 16.9 Å². The molecule has 1 aliphatic rings. The smallest absolute Gasteiger partial charge is 0.287 e. The van der Waals surface area contributed by atoms with E-state index in [9.17, 15) is 9.59 Å². The van der Waals surface area contributed by atoms with Crippen LogP contribution in [0.1, 0.15) is 65.7 Å². The van der Waals surface area contributed by atoms with Gasteiger partial charge in [0, 0.05) is 22.5 Å². The molecule has 0 aliphatic carbocycles. The highest BCUT2D eigenvalue weighted by Gasteiger charge is 2.40. The molecule has 1 N–H and O–H groups in total. The molecule has 162 valence electrons. The molecule has 2 heterocycles. The topological polar surface area (TPSA) is 68.5 Å². The van der Waals surface area contributed by atoms with Crippen LogP contribution in [0.4, 0.5) is 0 Å². The number of aryl methyl sites for hydroxylation is 1. The molecule has 3 aromatic rings. The van der Waals surface area contributed by atoms with Gasteiger partial charge in [0.15, 0.2) is 11.5 Å². The van der Waals surface area contributed by atoms with Crippen molar-refractivity contribution in [3.05, 3.63) is 63.9 Å². The number of amides is 1. The van der Waals surface area contributed by atoms with Gasteiger partial charge < -0.3 is 14.5 Å². The lowest BCUT2D eigenvalue weighted by molar-refractivity contribution is 0.0507. The predicted molar refractivity (Wildman–Crippen MR) is 121 cm³/mol. The Morgan fingerprint density at radius 3 is 2.58 bits per heavy atom. The zero-order chi connectivity index (χ0) is 22.3. The maximum Gasteiger partial charge on any atom is 0.287 e. The van der Waals surface area contributed by atoms with E-state index in [0.29, 0.717) is 45.3 Å². The van der Waals surface area contributed by atoms with Gasteiger partial charge in [-0.25, -0.2) is 0 Å². The largest absolute Gasteiger partial charge is 0.482 e. The number of benzene rings is 2. The fourth-order valence-corrected chi connectivity index (χ4v) is 4.22. The molecule has 2 aromatic carbocycles. The average molecular weight is 440 g/mol. The molecule has 5 nitrogen and oxygen atoms in total. The van der Waals surface area contributed by atoms with E-state index in [-0.39, 0.29) is 23.9 Å². The number of nitrogens with one attached hydrogen (secondary N) is 1. The molecule has 0 saturated carbocycles. The van der Waals surface area contributed by atoms with E-state index in [1.54, 1.807) is 24.3 Å². The van der Waals surface area contributed by atoms with Gasteiger partial charge in [-0.15, -0.1) is 0 Å². The fourth-order valence-electron chi connectivity index (χ4n) is 4.09. The number of hydrogen-bond acceptors (Lipinski definition) is 4. The summed E-state index contributed by atoms with van der Waals surface area (Å²) >= 11 is 6.01. The van der Waals surface area contributed by atoms with Crippen molar-refractivity contribution in [2.24, 2.45) is 5.92 Å². The van der Waals surface area contributed by atoms with E-state index in [4.69, 9.17) is 20.8 Å². The van der Waals surface area contributed by atoms with Crippen LogP contribution < -0.4 is 10.1 Å². The molecule has 0 spiro atoms. The van der Waals surface area contributed by atoms with Crippen LogP contribution in [0.15, 0.2) is 40.8 Å². The van der Waals surface area contributed by atoms with Crippen molar-refractivity contribution in [3.8, 4) is 5.75 Å². The summed E-state index contributed by atoms with van der Waals surface area (Å²) in [5, 5.41) is 4.18. The molecule has 0 bridgehead atoms. The first-order valence-electron chi connectivity index (χ1n) is 10.5. The number of ether oxygens (including phenoxy) is 1. The monoisotopic (exact) mass is 439 g/mol. The van der Waals surface area contributed by atoms with Gasteiger partial charge in [0.05, 0.1) is 12.0 Å². The molecule has 31 heavy (non-hydrogen) atoms. The minimum Gasteiger partial charge on any atom is -0.482 e. The Bertz CT molecular complexity index is 1160. The summed E-state index contributed by atoms with van der Waals surface area (Å²) in [6, 6.07) is 10.8. The number of halogens is 1. The van der Waals surface area contributed by atoms with Crippen molar-refractivity contribution < 1.29 is 18.7 Å². The highest BCUT2D eigenvalue weighted by Crippen LogP contribution is 2.44. The summed E-state index contributed by atoms with van der Waals surface area (Å²) in [6.07, 6.45) is 1.07. The molecule has 1 amide bonds. The summed E-state index contributed by atoms with van der Waals surface area (Å²) in [7, 11) is 0. The first kappa shape index (κ1) is 21.4. The van der Waals surface area contributed by atoms with Crippen LogP contribution in [0.25, 0.3) is 11.0 Å². The molecule has 0 saturated heterocycles. The Morgan fingerprint density at radius 2 is 1.90 bits per heavy atom. The number of carbonyl (C=O) groups is 2. The van der Waals surface area contributed by atoms with E-state index in [1.807, 2.05) is 26.0 Å². The average Bonchev–Trinajstić information content (AvgIpc) is 3.04. The summed E-state index contributed by atoms with van der Waals surface area (Å²) < 4.78 is 12.2. The number of fused-ring (bicyclic) bond motifs is 3. The number of furan rings is 1. The second kappa shape index (κ2) is 8.04. The molecule has 1 unspecified atom stereocenters. The summed E-state index contributed by atoms with van der Waals surface area (Å²) in [5.74, 6) is 0.926. The van der Waals surface area contributed by atoms with Crippen LogP contribution in [-0.4, -0.2) is 18.2 Å². The van der Waals surface area contributed by atoms with Gasteiger partial charge in [0.2, 0.25) is 0 Å². The zero-order valence-corrected chi connectivity index (χ0v) is 18.9. The third kappa shape index (κ3) is 3.94. The van der Waals surface area contributed by atoms with Crippen LogP contribution >= 0.6 is 11.6 Å². The standard InChI is InChI=1S/C25H26ClNO4/c1-14(2)11-12-27-24(29)23-15(3)21-19(30-23)9-10-20-22(21)18(28)13-25(4,31-20)16-5-7-17(26)8-6-16/h5-10,14H,11-13H2,1-4H3,(H,27,29). The van der Waals surface area contributed by atoms with Gasteiger partial charge in [-0.05, 0) is 56.0 Å². The summed E-state index contributed by atoms with van der Waals surface area (Å²) in [5.41, 5.74) is 1.73. The molecule has 0 radical (unpaired) electrons. The minimum atomic E-state index is -0.795. The number of Topliss-reactive ketones (excluding diaryl/α,β-unsaturated/α-hetero) is 1. The highest BCUT2D eigenvalue weighted by atomic mass is 35.5. The molecule has 4 rings (SSSR count). The first-order chi connectivity index (χ1) is 14.7. The fraction of sp³-hybridized carbons (Fsp3) is 0.360. The maximum absolute atomic E-state index is 13.3. The SMILES string of the molecule is Cc1c(C(=O)NCCC(C)C)oc2ccc3c(c12)C(=O)CC(C)(c1ccc(Cl)cc1)O3. The zero-order valence-electron chi connectivity index (χ0n) is 18.2. The number of carbonyl (C=O) groups excluding carboxylic acids is 2. The van der Waals surface area contributed by atoms with Crippen molar-refractivity contribution in [2.45, 2.75) is 46.1 Å². The van der Waals surface area contributed by atoms with Gasteiger partial charge in [-0.1, -0.05) is 37.6 Å². The minimum absolute atomic E-state index is 0.0417. The highest BCUT2D eigenvalue weighted by molar-refractivity contribution is 6.30. The first-order valence-corrected chi connectivity index (χ1v) is 10.9. The Balaban J connectivity index is 1.70. The van der Waals surface area contributed by atoms with Crippen molar-refractivity contribution >= 4 is 34.3 Å². The third-order valence-corrected chi connectivity index (χ3v) is 6.09. The molecule has 0 fully saturated rings. The van der Waals surface area contributed by atoms with Crippen LogP contribution in [-0.2, 0) is 5.60 Å². The van der Waals surface area contributed by atoms with E-state index in [1.165, 1.54) is 0 Å². The lowest BCUT2D eigenvalue weighted by atomic mass is 9.84. The lowest BCUT2D eigenvalue weighted by Gasteiger charge is -2.35. The van der Waals surface area contributed by atoms with Crippen molar-refractivity contribution in [1.29, 1.82) is 0 Å². The molecular formula is C25H26ClNO4. The normalized spacial score (nSPS) is 18.2. The maximum atomic E-state index is 13.3. The molecule has 1 atom stereocenters. The van der Waals surface area contributed by atoms with Gasteiger partial charge in [-0.3, -0.25) is 9.59 Å². The second-order valence-corrected chi connectivity index (χ2v) is 9.18. The third-order valence-electron chi connectivity index (χ3n) is 5.84. The Kier molecular flexibility index (Phi) is 5.56. The van der Waals surface area contributed by atoms with E-state index in [0.717, 1.165) is 12.0 Å². The number of rotatable bonds is 5. The quantitative estimate of drug-likeness (QED) is 0.525. The van der Waals surface area contributed by atoms with Crippen LogP contribution in [0.2, 0.25) is 5.02 Å². The number of hydrogen-bond donors (Lipinski definition) is 1. The Hall–Kier alpha value is -2.79. The lowest BCUT2D eigenvalue weighted by Crippen LogP contribution is -2.36. The molecule has 1 aromatic heterocycles. The molecular weight excluding hydrogens is 414 g/mol. The van der Waals surface area contributed by atoms with Crippen LogP contribution in [0.3, 0.4) is 0 Å². The summed E-state index contributed by atoms with van der Waals surface area (Å²) in [6.45, 7) is 8.50. The molecule has 1 aliphatic heterocycles. The van der Waals surface area contributed by atoms with Gasteiger partial charge in [-0.2, -0.15) is 0 Å². The van der Waals surface area contributed by atoms with Crippen LogP contribution in [0, 0.1) is 12.8 Å². The second-order valence-electron chi connectivity index (χ2n) is 8.75. The van der Waals surface area contributed by atoms with Gasteiger partial charge >= 0.3 is 0 Å².